The minimum absolute atomic E-state index is 0.0403. The van der Waals surface area contributed by atoms with Gasteiger partial charge in [0.15, 0.2) is 11.6 Å². The molecule has 6 heteroatoms. The van der Waals surface area contributed by atoms with Crippen LogP contribution in [0.5, 0.6) is 5.75 Å². The highest BCUT2D eigenvalue weighted by molar-refractivity contribution is 5.37. The van der Waals surface area contributed by atoms with Crippen LogP contribution in [0.4, 0.5) is 10.1 Å². The number of ether oxygens (including phenoxy) is 1. The molecular weight excluding hydrogens is 251 g/mol. The summed E-state index contributed by atoms with van der Waals surface area (Å²) < 4.78 is 18.7. The van der Waals surface area contributed by atoms with E-state index in [1.807, 2.05) is 0 Å². The second-order valence-electron chi connectivity index (χ2n) is 5.25. The SMILES string of the molecule is CC(C)(C)NCCCOc1ccc([N+](=O)[O-])cc1F. The summed E-state index contributed by atoms with van der Waals surface area (Å²) in [4.78, 5) is 9.81. The summed E-state index contributed by atoms with van der Waals surface area (Å²) in [5, 5.41) is 13.7. The van der Waals surface area contributed by atoms with E-state index in [0.29, 0.717) is 6.61 Å². The standard InChI is InChI=1S/C13H19FN2O3/c1-13(2,3)15-7-4-8-19-12-6-5-10(16(17)18)9-11(12)14/h5-6,9,15H,4,7-8H2,1-3H3. The Bertz CT molecular complexity index is 444. The lowest BCUT2D eigenvalue weighted by Crippen LogP contribution is -2.36. The highest BCUT2D eigenvalue weighted by Gasteiger charge is 2.11. The maximum atomic E-state index is 13.5. The first-order valence-corrected chi connectivity index (χ1v) is 6.11. The lowest BCUT2D eigenvalue weighted by molar-refractivity contribution is -0.385. The monoisotopic (exact) mass is 270 g/mol. The van der Waals surface area contributed by atoms with Crippen LogP contribution in [0.15, 0.2) is 18.2 Å². The molecule has 1 rings (SSSR count). The summed E-state index contributed by atoms with van der Waals surface area (Å²) >= 11 is 0. The second kappa shape index (κ2) is 6.47. The number of non-ortho nitro benzene ring substituents is 1. The molecule has 0 unspecified atom stereocenters. The molecular formula is C13H19FN2O3. The minimum atomic E-state index is -0.710. The molecule has 5 nitrogen and oxygen atoms in total. The molecule has 1 aromatic rings. The van der Waals surface area contributed by atoms with E-state index in [2.05, 4.69) is 26.1 Å². The molecule has 0 saturated heterocycles. The van der Waals surface area contributed by atoms with E-state index in [1.54, 1.807) is 0 Å². The van der Waals surface area contributed by atoms with Crippen molar-refractivity contribution >= 4 is 5.69 Å². The van der Waals surface area contributed by atoms with Crippen molar-refractivity contribution in [1.29, 1.82) is 0 Å². The maximum absolute atomic E-state index is 13.5. The zero-order valence-electron chi connectivity index (χ0n) is 11.4. The van der Waals surface area contributed by atoms with Gasteiger partial charge in [-0.3, -0.25) is 10.1 Å². The Hall–Kier alpha value is -1.69. The first-order valence-electron chi connectivity index (χ1n) is 6.11. The Kier molecular flexibility index (Phi) is 5.23. The van der Waals surface area contributed by atoms with Crippen molar-refractivity contribution in [2.75, 3.05) is 13.2 Å². The molecule has 0 heterocycles. The van der Waals surface area contributed by atoms with Gasteiger partial charge in [-0.25, -0.2) is 4.39 Å². The normalized spacial score (nSPS) is 11.4. The van der Waals surface area contributed by atoms with Crippen LogP contribution in [-0.2, 0) is 0 Å². The Morgan fingerprint density at radius 1 is 1.42 bits per heavy atom. The smallest absolute Gasteiger partial charge is 0.272 e. The van der Waals surface area contributed by atoms with E-state index in [9.17, 15) is 14.5 Å². The highest BCUT2D eigenvalue weighted by atomic mass is 19.1. The van der Waals surface area contributed by atoms with Crippen LogP contribution < -0.4 is 10.1 Å². The lowest BCUT2D eigenvalue weighted by Gasteiger charge is -2.20. The number of benzene rings is 1. The Morgan fingerprint density at radius 2 is 2.11 bits per heavy atom. The van der Waals surface area contributed by atoms with E-state index in [4.69, 9.17) is 4.74 Å². The summed E-state index contributed by atoms with van der Waals surface area (Å²) in [6.07, 6.45) is 0.730. The van der Waals surface area contributed by atoms with E-state index in [1.165, 1.54) is 12.1 Å². The molecule has 0 aliphatic rings. The van der Waals surface area contributed by atoms with Gasteiger partial charge >= 0.3 is 0 Å². The van der Waals surface area contributed by atoms with Gasteiger partial charge in [-0.15, -0.1) is 0 Å². The minimum Gasteiger partial charge on any atom is -0.490 e. The van der Waals surface area contributed by atoms with E-state index in [0.717, 1.165) is 19.0 Å². The number of hydrogen-bond acceptors (Lipinski definition) is 4. The summed E-state index contributed by atoms with van der Waals surface area (Å²) in [7, 11) is 0. The van der Waals surface area contributed by atoms with Crippen molar-refractivity contribution < 1.29 is 14.1 Å². The fourth-order valence-electron chi connectivity index (χ4n) is 1.44. The van der Waals surface area contributed by atoms with Crippen molar-refractivity contribution in [1.82, 2.24) is 5.32 Å². The van der Waals surface area contributed by atoms with Crippen molar-refractivity contribution in [3.8, 4) is 5.75 Å². The first kappa shape index (κ1) is 15.4. The average Bonchev–Trinajstić information content (AvgIpc) is 2.28. The van der Waals surface area contributed by atoms with E-state index >= 15 is 0 Å². The second-order valence-corrected chi connectivity index (χ2v) is 5.25. The van der Waals surface area contributed by atoms with Gasteiger partial charge in [0.05, 0.1) is 17.6 Å². The van der Waals surface area contributed by atoms with Gasteiger partial charge in [0.2, 0.25) is 0 Å². The molecule has 19 heavy (non-hydrogen) atoms. The number of halogens is 1. The van der Waals surface area contributed by atoms with Crippen LogP contribution in [0.25, 0.3) is 0 Å². The number of nitrogens with zero attached hydrogens (tertiary/aromatic N) is 1. The summed E-state index contributed by atoms with van der Waals surface area (Å²) in [5.74, 6) is -0.667. The Morgan fingerprint density at radius 3 is 2.63 bits per heavy atom. The topological polar surface area (TPSA) is 64.4 Å². The molecule has 1 N–H and O–H groups in total. The average molecular weight is 270 g/mol. The molecule has 0 spiro atoms. The number of hydrogen-bond donors (Lipinski definition) is 1. The largest absolute Gasteiger partial charge is 0.490 e. The third-order valence-electron chi connectivity index (χ3n) is 2.36. The van der Waals surface area contributed by atoms with Crippen molar-refractivity contribution in [2.24, 2.45) is 0 Å². The molecule has 106 valence electrons. The van der Waals surface area contributed by atoms with Gasteiger partial charge < -0.3 is 10.1 Å². The van der Waals surface area contributed by atoms with Crippen LogP contribution in [0.1, 0.15) is 27.2 Å². The summed E-state index contributed by atoms with van der Waals surface area (Å²) in [6.45, 7) is 7.30. The molecule has 0 aromatic heterocycles. The van der Waals surface area contributed by atoms with Gasteiger partial charge in [-0.05, 0) is 39.8 Å². The molecule has 0 aliphatic carbocycles. The van der Waals surface area contributed by atoms with Crippen LogP contribution >= 0.6 is 0 Å². The number of nitro benzene ring substituents is 1. The summed E-state index contributed by atoms with van der Waals surface area (Å²) in [5.41, 5.74) is -0.238. The highest BCUT2D eigenvalue weighted by Crippen LogP contribution is 2.22. The van der Waals surface area contributed by atoms with Gasteiger partial charge in [0.1, 0.15) is 0 Å². The molecule has 0 aliphatic heterocycles. The molecule has 0 bridgehead atoms. The van der Waals surface area contributed by atoms with Crippen LogP contribution in [0.3, 0.4) is 0 Å². The van der Waals surface area contributed by atoms with E-state index < -0.39 is 10.7 Å². The van der Waals surface area contributed by atoms with Crippen LogP contribution in [0.2, 0.25) is 0 Å². The number of nitrogens with one attached hydrogen (secondary N) is 1. The fraction of sp³-hybridized carbons (Fsp3) is 0.538. The predicted octanol–water partition coefficient (Wildman–Crippen LogP) is 2.89. The van der Waals surface area contributed by atoms with Crippen molar-refractivity contribution in [2.45, 2.75) is 32.7 Å². The molecule has 1 aromatic carbocycles. The van der Waals surface area contributed by atoms with Gasteiger partial charge in [-0.1, -0.05) is 0 Å². The third kappa shape index (κ3) is 5.65. The maximum Gasteiger partial charge on any atom is 0.272 e. The number of nitro groups is 1. The Balaban J connectivity index is 2.40. The molecule has 0 saturated carbocycles. The lowest BCUT2D eigenvalue weighted by atomic mass is 10.1. The quantitative estimate of drug-likeness (QED) is 0.490. The molecule has 0 fully saturated rings. The van der Waals surface area contributed by atoms with Crippen molar-refractivity contribution in [3.05, 3.63) is 34.1 Å². The van der Waals surface area contributed by atoms with Crippen LogP contribution in [-0.4, -0.2) is 23.6 Å². The van der Waals surface area contributed by atoms with E-state index in [-0.39, 0.29) is 17.0 Å². The zero-order valence-corrected chi connectivity index (χ0v) is 11.4. The van der Waals surface area contributed by atoms with Crippen molar-refractivity contribution in [3.63, 3.8) is 0 Å². The third-order valence-corrected chi connectivity index (χ3v) is 2.36. The fourth-order valence-corrected chi connectivity index (χ4v) is 1.44. The summed E-state index contributed by atoms with van der Waals surface area (Å²) in [6, 6.07) is 3.37. The van der Waals surface area contributed by atoms with Gasteiger partial charge in [0, 0.05) is 11.6 Å². The van der Waals surface area contributed by atoms with Gasteiger partial charge in [0.25, 0.3) is 5.69 Å². The van der Waals surface area contributed by atoms with Gasteiger partial charge in [-0.2, -0.15) is 0 Å². The first-order chi connectivity index (χ1) is 8.79. The molecule has 0 atom stereocenters. The Labute approximate surface area is 111 Å². The predicted molar refractivity (Wildman–Crippen MR) is 70.9 cm³/mol. The number of rotatable bonds is 6. The molecule has 0 amide bonds. The van der Waals surface area contributed by atoms with Crippen LogP contribution in [0, 0.1) is 15.9 Å². The zero-order chi connectivity index (χ0) is 14.5. The molecule has 0 radical (unpaired) electrons.